The highest BCUT2D eigenvalue weighted by Crippen LogP contribution is 2.23. The standard InChI is InChI=1S/C22H19N3O2/c1-16-7-11-19(12-8-16)23-22-25-24-21(27-22)15-26-20-13-9-18(10-14-20)17-5-3-2-4-6-17/h2-14H,15H2,1H3,(H,23,25). The van der Waals surface area contributed by atoms with Crippen LogP contribution in [0, 0.1) is 6.92 Å². The topological polar surface area (TPSA) is 60.2 Å². The molecule has 1 N–H and O–H groups in total. The van der Waals surface area contributed by atoms with E-state index in [2.05, 4.69) is 27.6 Å². The molecule has 27 heavy (non-hydrogen) atoms. The second kappa shape index (κ2) is 7.74. The lowest BCUT2D eigenvalue weighted by molar-refractivity contribution is 0.265. The predicted molar refractivity (Wildman–Crippen MR) is 105 cm³/mol. The molecule has 0 aliphatic heterocycles. The van der Waals surface area contributed by atoms with Crippen LogP contribution in [-0.4, -0.2) is 10.2 Å². The lowest BCUT2D eigenvalue weighted by Gasteiger charge is -2.05. The third-order valence-corrected chi connectivity index (χ3v) is 4.09. The Bertz CT molecular complexity index is 994. The van der Waals surface area contributed by atoms with Crippen molar-refractivity contribution in [2.24, 2.45) is 0 Å². The maximum Gasteiger partial charge on any atom is 0.320 e. The fourth-order valence-electron chi connectivity index (χ4n) is 2.64. The van der Waals surface area contributed by atoms with E-state index in [1.165, 1.54) is 11.1 Å². The molecule has 1 heterocycles. The van der Waals surface area contributed by atoms with Crippen LogP contribution in [0.5, 0.6) is 5.75 Å². The number of aryl methyl sites for hydroxylation is 1. The molecule has 0 unspecified atom stereocenters. The highest BCUT2D eigenvalue weighted by atomic mass is 16.5. The minimum atomic E-state index is 0.216. The molecule has 1 aromatic heterocycles. The number of nitrogens with zero attached hydrogens (tertiary/aromatic N) is 2. The van der Waals surface area contributed by atoms with Crippen molar-refractivity contribution in [2.75, 3.05) is 5.32 Å². The van der Waals surface area contributed by atoms with E-state index in [0.717, 1.165) is 17.0 Å². The maximum absolute atomic E-state index is 5.74. The molecule has 134 valence electrons. The fourth-order valence-corrected chi connectivity index (χ4v) is 2.64. The average Bonchev–Trinajstić information content (AvgIpc) is 3.17. The van der Waals surface area contributed by atoms with Gasteiger partial charge in [0.25, 0.3) is 5.89 Å². The molecule has 0 amide bonds. The number of aromatic nitrogens is 2. The summed E-state index contributed by atoms with van der Waals surface area (Å²) in [5.74, 6) is 1.16. The predicted octanol–water partition coefficient (Wildman–Crippen LogP) is 5.37. The molecule has 5 heteroatoms. The van der Waals surface area contributed by atoms with Gasteiger partial charge in [0.05, 0.1) is 0 Å². The number of anilines is 2. The first-order chi connectivity index (χ1) is 13.3. The van der Waals surface area contributed by atoms with E-state index in [1.54, 1.807) is 0 Å². The van der Waals surface area contributed by atoms with E-state index in [1.807, 2.05) is 73.7 Å². The van der Waals surface area contributed by atoms with E-state index in [4.69, 9.17) is 9.15 Å². The van der Waals surface area contributed by atoms with Gasteiger partial charge in [-0.1, -0.05) is 65.3 Å². The van der Waals surface area contributed by atoms with Crippen LogP contribution in [0.4, 0.5) is 11.7 Å². The van der Waals surface area contributed by atoms with Crippen LogP contribution < -0.4 is 10.1 Å². The van der Waals surface area contributed by atoms with Crippen molar-refractivity contribution in [1.82, 2.24) is 10.2 Å². The molecular weight excluding hydrogens is 338 g/mol. The highest BCUT2D eigenvalue weighted by molar-refractivity contribution is 5.63. The van der Waals surface area contributed by atoms with Crippen molar-refractivity contribution >= 4 is 11.7 Å². The SMILES string of the molecule is Cc1ccc(Nc2nnc(COc3ccc(-c4ccccc4)cc3)o2)cc1. The lowest BCUT2D eigenvalue weighted by atomic mass is 10.1. The van der Waals surface area contributed by atoms with Crippen molar-refractivity contribution in [1.29, 1.82) is 0 Å². The summed E-state index contributed by atoms with van der Waals surface area (Å²) in [6.07, 6.45) is 0. The van der Waals surface area contributed by atoms with E-state index < -0.39 is 0 Å². The first-order valence-electron chi connectivity index (χ1n) is 8.71. The molecule has 0 saturated carbocycles. The van der Waals surface area contributed by atoms with Crippen molar-refractivity contribution in [3.63, 3.8) is 0 Å². The Kier molecular flexibility index (Phi) is 4.83. The van der Waals surface area contributed by atoms with Gasteiger partial charge in [-0.05, 0) is 42.3 Å². The quantitative estimate of drug-likeness (QED) is 0.503. The number of hydrogen-bond acceptors (Lipinski definition) is 5. The number of benzene rings is 3. The summed E-state index contributed by atoms with van der Waals surface area (Å²) in [7, 11) is 0. The number of rotatable bonds is 6. The van der Waals surface area contributed by atoms with Gasteiger partial charge in [0, 0.05) is 5.69 Å². The molecule has 0 aliphatic rings. The molecule has 0 fully saturated rings. The van der Waals surface area contributed by atoms with Gasteiger partial charge in [-0.2, -0.15) is 0 Å². The normalized spacial score (nSPS) is 10.6. The molecule has 0 atom stereocenters. The third-order valence-electron chi connectivity index (χ3n) is 4.09. The monoisotopic (exact) mass is 357 g/mol. The van der Waals surface area contributed by atoms with E-state index in [9.17, 15) is 0 Å². The van der Waals surface area contributed by atoms with Crippen molar-refractivity contribution in [3.8, 4) is 16.9 Å². The van der Waals surface area contributed by atoms with Crippen LogP contribution >= 0.6 is 0 Å². The zero-order valence-electron chi connectivity index (χ0n) is 14.9. The zero-order valence-corrected chi connectivity index (χ0v) is 14.9. The fraction of sp³-hybridized carbons (Fsp3) is 0.0909. The summed E-state index contributed by atoms with van der Waals surface area (Å²) in [6, 6.07) is 26.4. The maximum atomic E-state index is 5.74. The minimum absolute atomic E-state index is 0.216. The summed E-state index contributed by atoms with van der Waals surface area (Å²) in [6.45, 7) is 2.26. The van der Waals surface area contributed by atoms with Gasteiger partial charge in [0.1, 0.15) is 5.75 Å². The minimum Gasteiger partial charge on any atom is -0.484 e. The molecule has 0 spiro atoms. The van der Waals surface area contributed by atoms with Gasteiger partial charge < -0.3 is 14.5 Å². The lowest BCUT2D eigenvalue weighted by Crippen LogP contribution is -1.95. The van der Waals surface area contributed by atoms with Crippen LogP contribution in [0.2, 0.25) is 0 Å². The van der Waals surface area contributed by atoms with E-state index >= 15 is 0 Å². The Morgan fingerprint density at radius 1 is 0.815 bits per heavy atom. The summed E-state index contributed by atoms with van der Waals surface area (Å²) < 4.78 is 11.3. The van der Waals surface area contributed by atoms with Crippen LogP contribution in [0.1, 0.15) is 11.5 Å². The highest BCUT2D eigenvalue weighted by Gasteiger charge is 2.07. The molecule has 4 rings (SSSR count). The summed E-state index contributed by atoms with van der Waals surface area (Å²) in [5, 5.41) is 11.1. The van der Waals surface area contributed by atoms with Crippen LogP contribution in [-0.2, 0) is 6.61 Å². The Labute approximate surface area is 157 Å². The van der Waals surface area contributed by atoms with Gasteiger partial charge in [0.15, 0.2) is 6.61 Å². The van der Waals surface area contributed by atoms with Gasteiger partial charge in [-0.25, -0.2) is 0 Å². The van der Waals surface area contributed by atoms with Gasteiger partial charge in [-0.3, -0.25) is 0 Å². The van der Waals surface area contributed by atoms with Crippen LogP contribution in [0.15, 0.2) is 83.3 Å². The van der Waals surface area contributed by atoms with Crippen molar-refractivity contribution < 1.29 is 9.15 Å². The summed E-state index contributed by atoms with van der Waals surface area (Å²) >= 11 is 0. The molecule has 0 bridgehead atoms. The number of ether oxygens (including phenoxy) is 1. The molecule has 0 aliphatic carbocycles. The van der Waals surface area contributed by atoms with E-state index in [0.29, 0.717) is 11.9 Å². The summed E-state index contributed by atoms with van der Waals surface area (Å²) in [5.41, 5.74) is 4.41. The third kappa shape index (κ3) is 4.33. The Hall–Kier alpha value is -3.60. The number of nitrogens with one attached hydrogen (secondary N) is 1. The Morgan fingerprint density at radius 3 is 2.26 bits per heavy atom. The van der Waals surface area contributed by atoms with Crippen LogP contribution in [0.3, 0.4) is 0 Å². The number of hydrogen-bond donors (Lipinski definition) is 1. The van der Waals surface area contributed by atoms with Gasteiger partial charge >= 0.3 is 6.01 Å². The molecule has 0 radical (unpaired) electrons. The van der Waals surface area contributed by atoms with Gasteiger partial charge in [0.2, 0.25) is 0 Å². The van der Waals surface area contributed by atoms with E-state index in [-0.39, 0.29) is 6.61 Å². The molecule has 3 aromatic carbocycles. The molecule has 5 nitrogen and oxygen atoms in total. The Balaban J connectivity index is 1.35. The first kappa shape index (κ1) is 16.8. The molecule has 0 saturated heterocycles. The zero-order chi connectivity index (χ0) is 18.5. The van der Waals surface area contributed by atoms with Crippen molar-refractivity contribution in [2.45, 2.75) is 13.5 Å². The van der Waals surface area contributed by atoms with Crippen LogP contribution in [0.25, 0.3) is 11.1 Å². The first-order valence-corrected chi connectivity index (χ1v) is 8.71. The molecular formula is C22H19N3O2. The summed E-state index contributed by atoms with van der Waals surface area (Å²) in [4.78, 5) is 0. The second-order valence-corrected chi connectivity index (χ2v) is 6.17. The largest absolute Gasteiger partial charge is 0.484 e. The van der Waals surface area contributed by atoms with Gasteiger partial charge in [-0.15, -0.1) is 5.10 Å². The Morgan fingerprint density at radius 2 is 1.52 bits per heavy atom. The second-order valence-electron chi connectivity index (χ2n) is 6.17. The average molecular weight is 357 g/mol. The molecule has 4 aromatic rings. The smallest absolute Gasteiger partial charge is 0.320 e. The van der Waals surface area contributed by atoms with Crippen molar-refractivity contribution in [3.05, 3.63) is 90.3 Å².